The summed E-state index contributed by atoms with van der Waals surface area (Å²) in [6, 6.07) is 7.69. The number of para-hydroxylation sites is 1. The van der Waals surface area contributed by atoms with Crippen molar-refractivity contribution in [3.63, 3.8) is 0 Å². The van der Waals surface area contributed by atoms with Crippen LogP contribution in [0.25, 0.3) is 0 Å². The highest BCUT2D eigenvalue weighted by molar-refractivity contribution is 7.54. The van der Waals surface area contributed by atoms with Crippen molar-refractivity contribution in [2.24, 2.45) is 11.7 Å². The standard InChI is InChI=1S/C25H32FN4O8P/c1-5-11-25(28)20(31)19(37-23(25)30-12-18(26)21(27)29-24(30)33)13-35-39(34,38-17-9-7-6-8-10-17)14-16(4)22(32)36-15(2)3/h6-10,12,15-16,19-20,23,31H,13-14,28H2,1-4H3,(H2,27,29,33)/t16-,19-,20+,23-,25?,39+/m1/s1/i13D2. The average Bonchev–Trinajstić information content (AvgIpc) is 3.12. The van der Waals surface area contributed by atoms with Crippen molar-refractivity contribution in [3.8, 4) is 17.6 Å². The van der Waals surface area contributed by atoms with Crippen LogP contribution < -0.4 is 21.7 Å². The number of hydrogen-bond acceptors (Lipinski definition) is 11. The van der Waals surface area contributed by atoms with Crippen LogP contribution in [-0.4, -0.2) is 57.2 Å². The van der Waals surface area contributed by atoms with Gasteiger partial charge < -0.3 is 30.6 Å². The van der Waals surface area contributed by atoms with E-state index in [0.717, 1.165) is 0 Å². The molecule has 212 valence electrons. The van der Waals surface area contributed by atoms with Crippen molar-refractivity contribution in [1.29, 1.82) is 0 Å². The third-order valence-corrected chi connectivity index (χ3v) is 7.40. The maximum atomic E-state index is 14.2. The molecular formula is C25H32FN4O8P. The molecule has 1 aliphatic heterocycles. The molecule has 39 heavy (non-hydrogen) atoms. The monoisotopic (exact) mass is 568 g/mol. The highest BCUT2D eigenvalue weighted by Crippen LogP contribution is 2.51. The molecule has 5 N–H and O–H groups in total. The predicted octanol–water partition coefficient (Wildman–Crippen LogP) is 1.82. The van der Waals surface area contributed by atoms with Crippen molar-refractivity contribution in [1.82, 2.24) is 9.55 Å². The van der Waals surface area contributed by atoms with Crippen molar-refractivity contribution >= 4 is 19.4 Å². The van der Waals surface area contributed by atoms with Gasteiger partial charge in [-0.15, -0.1) is 5.92 Å². The molecule has 12 nitrogen and oxygen atoms in total. The number of nitrogens with zero attached hydrogens (tertiary/aromatic N) is 2. The summed E-state index contributed by atoms with van der Waals surface area (Å²) in [7, 11) is -4.57. The average molecular weight is 569 g/mol. The zero-order valence-electron chi connectivity index (χ0n) is 23.7. The van der Waals surface area contributed by atoms with Crippen molar-refractivity contribution < 1.29 is 40.1 Å². The smallest absolute Gasteiger partial charge is 0.380 e. The Morgan fingerprint density at radius 3 is 2.67 bits per heavy atom. The Kier molecular flexibility index (Phi) is 8.60. The molecule has 1 aromatic carbocycles. The summed E-state index contributed by atoms with van der Waals surface area (Å²) in [5.41, 5.74) is 8.36. The third kappa shape index (κ3) is 7.03. The summed E-state index contributed by atoms with van der Waals surface area (Å²) in [4.78, 5) is 28.4. The fraction of sp³-hybridized carbons (Fsp3) is 0.480. The summed E-state index contributed by atoms with van der Waals surface area (Å²) in [5, 5.41) is 11.1. The van der Waals surface area contributed by atoms with Crippen molar-refractivity contribution in [3.05, 3.63) is 52.8 Å². The Bertz CT molecular complexity index is 1430. The molecule has 0 amide bonds. The minimum Gasteiger partial charge on any atom is -0.463 e. The van der Waals surface area contributed by atoms with E-state index >= 15 is 0 Å². The van der Waals surface area contributed by atoms with E-state index < -0.39 is 79.6 Å². The quantitative estimate of drug-likeness (QED) is 0.216. The number of carbonyl (C=O) groups is 1. The topological polar surface area (TPSA) is 178 Å². The van der Waals surface area contributed by atoms with Gasteiger partial charge in [-0.1, -0.05) is 31.0 Å². The molecule has 0 aliphatic carbocycles. The molecule has 3 rings (SSSR count). The van der Waals surface area contributed by atoms with Gasteiger partial charge in [0, 0.05) is 0 Å². The molecule has 14 heteroatoms. The Balaban J connectivity index is 2.01. The van der Waals surface area contributed by atoms with E-state index in [1.165, 1.54) is 26.0 Å². The Morgan fingerprint density at radius 1 is 1.38 bits per heavy atom. The molecule has 0 bridgehead atoms. The number of rotatable bonds is 10. The van der Waals surface area contributed by atoms with Gasteiger partial charge in [-0.05, 0) is 32.9 Å². The first-order valence-electron chi connectivity index (χ1n) is 12.9. The predicted molar refractivity (Wildman–Crippen MR) is 139 cm³/mol. The van der Waals surface area contributed by atoms with Crippen LogP contribution in [-0.2, 0) is 23.4 Å². The molecule has 1 saturated heterocycles. The number of aliphatic hydroxyl groups is 1. The Labute approximate surface area is 227 Å². The van der Waals surface area contributed by atoms with Crippen LogP contribution >= 0.6 is 7.60 Å². The van der Waals surface area contributed by atoms with E-state index in [9.17, 15) is 23.7 Å². The number of anilines is 1. The molecule has 6 atom stereocenters. The highest BCUT2D eigenvalue weighted by Gasteiger charge is 2.55. The first-order chi connectivity index (χ1) is 19.0. The maximum absolute atomic E-state index is 14.2. The van der Waals surface area contributed by atoms with Gasteiger partial charge in [-0.2, -0.15) is 4.98 Å². The van der Waals surface area contributed by atoms with E-state index in [1.807, 2.05) is 0 Å². The SMILES string of the molecule is [2H]C([2H])(O[P@@](=O)(C[C@@H](C)C(=O)OC(C)C)Oc1ccccc1)[C@H]1O[C@@H](n2cc(F)c(N)nc2=O)C(N)(C#CC)[C@H]1O. The minimum absolute atomic E-state index is 0.0434. The molecule has 1 aliphatic rings. The van der Waals surface area contributed by atoms with E-state index in [0.29, 0.717) is 10.8 Å². The fourth-order valence-electron chi connectivity index (χ4n) is 3.71. The Hall–Kier alpha value is -3.27. The van der Waals surface area contributed by atoms with E-state index in [4.69, 9.17) is 32.7 Å². The summed E-state index contributed by atoms with van der Waals surface area (Å²) in [6.07, 6.45) is -6.30. The minimum atomic E-state index is -4.57. The molecule has 0 saturated carbocycles. The van der Waals surface area contributed by atoms with E-state index in [2.05, 4.69) is 16.8 Å². The number of aliphatic hydroxyl groups excluding tert-OH is 1. The maximum Gasteiger partial charge on any atom is 0.380 e. The molecule has 0 spiro atoms. The van der Waals surface area contributed by atoms with Gasteiger partial charge in [0.05, 0.1) is 33.7 Å². The lowest BCUT2D eigenvalue weighted by Gasteiger charge is -2.28. The molecular weight excluding hydrogens is 534 g/mol. The van der Waals surface area contributed by atoms with Gasteiger partial charge in [0.15, 0.2) is 23.4 Å². The first kappa shape index (κ1) is 27.3. The van der Waals surface area contributed by atoms with Crippen LogP contribution in [0.15, 0.2) is 41.3 Å². The molecule has 1 aromatic heterocycles. The zero-order valence-corrected chi connectivity index (χ0v) is 22.6. The number of carbonyl (C=O) groups excluding carboxylic acids is 1. The number of halogens is 1. The summed E-state index contributed by atoms with van der Waals surface area (Å²) < 4.78 is 67.9. The molecule has 2 aromatic rings. The van der Waals surface area contributed by atoms with Gasteiger partial charge in [-0.25, -0.2) is 13.8 Å². The van der Waals surface area contributed by atoms with Gasteiger partial charge in [-0.3, -0.25) is 13.9 Å². The molecule has 1 fully saturated rings. The third-order valence-electron chi connectivity index (χ3n) is 5.54. The highest BCUT2D eigenvalue weighted by atomic mass is 31.2. The lowest BCUT2D eigenvalue weighted by atomic mass is 9.91. The zero-order chi connectivity index (χ0) is 30.8. The number of nitrogen functional groups attached to an aromatic ring is 1. The summed E-state index contributed by atoms with van der Waals surface area (Å²) in [5.74, 6) is 1.39. The van der Waals surface area contributed by atoms with Gasteiger partial charge >= 0.3 is 19.3 Å². The molecule has 1 unspecified atom stereocenters. The van der Waals surface area contributed by atoms with Crippen LogP contribution in [0.1, 0.15) is 36.7 Å². The van der Waals surface area contributed by atoms with Crippen LogP contribution in [0.2, 0.25) is 0 Å². The molecule has 2 heterocycles. The number of aromatic nitrogens is 2. The van der Waals surface area contributed by atoms with E-state index in [1.54, 1.807) is 32.0 Å². The van der Waals surface area contributed by atoms with Crippen molar-refractivity contribution in [2.75, 3.05) is 18.5 Å². The van der Waals surface area contributed by atoms with Crippen LogP contribution in [0.4, 0.5) is 10.2 Å². The number of benzene rings is 1. The molecule has 0 radical (unpaired) electrons. The van der Waals surface area contributed by atoms with Gasteiger partial charge in [0.25, 0.3) is 0 Å². The fourth-order valence-corrected chi connectivity index (χ4v) is 5.43. The number of hydrogen-bond donors (Lipinski definition) is 3. The lowest BCUT2D eigenvalue weighted by Crippen LogP contribution is -2.55. The summed E-state index contributed by atoms with van der Waals surface area (Å²) in [6.45, 7) is 2.88. The number of esters is 1. The first-order valence-corrected chi connectivity index (χ1v) is 13.6. The van der Waals surface area contributed by atoms with Gasteiger partial charge in [0.1, 0.15) is 18.0 Å². The second kappa shape index (κ2) is 12.3. The normalized spacial score (nSPS) is 26.0. The van der Waals surface area contributed by atoms with Crippen LogP contribution in [0, 0.1) is 23.6 Å². The second-order valence-corrected chi connectivity index (χ2v) is 11.1. The number of nitrogens with two attached hydrogens (primary N) is 2. The van der Waals surface area contributed by atoms with Crippen LogP contribution in [0.3, 0.4) is 0 Å². The second-order valence-electron chi connectivity index (χ2n) is 9.12. The Morgan fingerprint density at radius 2 is 2.05 bits per heavy atom. The largest absolute Gasteiger partial charge is 0.463 e. The lowest BCUT2D eigenvalue weighted by molar-refractivity contribution is -0.151. The van der Waals surface area contributed by atoms with Crippen molar-refractivity contribution in [2.45, 2.75) is 57.8 Å². The van der Waals surface area contributed by atoms with Gasteiger partial charge in [0.2, 0.25) is 0 Å². The number of ether oxygens (including phenoxy) is 2. The summed E-state index contributed by atoms with van der Waals surface area (Å²) >= 11 is 0. The van der Waals surface area contributed by atoms with E-state index in [-0.39, 0.29) is 5.75 Å². The van der Waals surface area contributed by atoms with Crippen LogP contribution in [0.5, 0.6) is 5.75 Å².